The lowest BCUT2D eigenvalue weighted by Crippen LogP contribution is -2.26. The number of fused-ring (bicyclic) bond motifs is 3. The topological polar surface area (TPSA) is 46.1 Å². The number of amides is 1. The Bertz CT molecular complexity index is 921. The molecule has 4 rings (SSSR count). The van der Waals surface area contributed by atoms with Crippen LogP contribution in [0.15, 0.2) is 41.7 Å². The van der Waals surface area contributed by atoms with Gasteiger partial charge in [-0.25, -0.2) is 9.97 Å². The van der Waals surface area contributed by atoms with Crippen LogP contribution in [0.4, 0.5) is 0 Å². The van der Waals surface area contributed by atoms with Crippen molar-refractivity contribution in [2.24, 2.45) is 0 Å². The van der Waals surface area contributed by atoms with Crippen LogP contribution in [0, 0.1) is 0 Å². The molecule has 0 radical (unpaired) electrons. The average molecular weight is 370 g/mol. The van der Waals surface area contributed by atoms with Gasteiger partial charge in [-0.3, -0.25) is 4.79 Å². The molecule has 25 heavy (non-hydrogen) atoms. The van der Waals surface area contributed by atoms with Crippen LogP contribution >= 0.6 is 23.1 Å². The van der Waals surface area contributed by atoms with Gasteiger partial charge in [-0.2, -0.15) is 0 Å². The molecule has 1 aromatic carbocycles. The first-order valence-electron chi connectivity index (χ1n) is 8.33. The van der Waals surface area contributed by atoms with E-state index in [4.69, 9.17) is 0 Å². The first-order valence-corrected chi connectivity index (χ1v) is 10.0. The van der Waals surface area contributed by atoms with Crippen molar-refractivity contribution in [3.05, 3.63) is 52.7 Å². The van der Waals surface area contributed by atoms with Crippen molar-refractivity contribution in [3.8, 4) is 0 Å². The van der Waals surface area contributed by atoms with E-state index in [1.54, 1.807) is 48.4 Å². The van der Waals surface area contributed by atoms with Crippen molar-refractivity contribution in [1.82, 2.24) is 14.9 Å². The Morgan fingerprint density at radius 3 is 2.76 bits per heavy atom. The Morgan fingerprint density at radius 2 is 2.00 bits per heavy atom. The molecule has 4 nitrogen and oxygen atoms in total. The number of nitrogens with zero attached hydrogens (tertiary/aromatic N) is 3. The largest absolute Gasteiger partial charge is 0.348 e. The van der Waals surface area contributed by atoms with Crippen LogP contribution in [0.1, 0.15) is 27.7 Å². The summed E-state index contributed by atoms with van der Waals surface area (Å²) in [4.78, 5) is 26.0. The van der Waals surface area contributed by atoms with Crippen molar-refractivity contribution >= 4 is 39.2 Å². The second-order valence-electron chi connectivity index (χ2n) is 6.36. The number of benzene rings is 1. The van der Waals surface area contributed by atoms with E-state index < -0.39 is 0 Å². The number of hydrogen-bond acceptors (Lipinski definition) is 5. The fraction of sp³-hybridized carbons (Fsp3) is 0.316. The third kappa shape index (κ3) is 3.04. The van der Waals surface area contributed by atoms with Gasteiger partial charge in [-0.1, -0.05) is 42.1 Å². The standard InChI is InChI=1S/C19H19N3OS2/c1-22(2)19(23)16(12-7-4-3-5-8-12)25-18-15-13-9-6-10-14(13)24-17(15)20-11-21-18/h3-5,7-8,11,16H,6,9-10H2,1-2H3/t16-/m1/s1. The summed E-state index contributed by atoms with van der Waals surface area (Å²) in [6.45, 7) is 0. The predicted octanol–water partition coefficient (Wildman–Crippen LogP) is 4.10. The molecule has 0 unspecified atom stereocenters. The Balaban J connectivity index is 1.78. The molecule has 0 N–H and O–H groups in total. The van der Waals surface area contributed by atoms with Crippen molar-refractivity contribution in [1.29, 1.82) is 0 Å². The Kier molecular flexibility index (Phi) is 4.48. The van der Waals surface area contributed by atoms with Crippen LogP contribution in [-0.2, 0) is 17.6 Å². The zero-order valence-corrected chi connectivity index (χ0v) is 15.9. The van der Waals surface area contributed by atoms with Gasteiger partial charge in [-0.15, -0.1) is 11.3 Å². The SMILES string of the molecule is CN(C)C(=O)[C@H](Sc1ncnc2sc3c(c12)CCC3)c1ccccc1. The van der Waals surface area contributed by atoms with Gasteiger partial charge < -0.3 is 4.90 Å². The highest BCUT2D eigenvalue weighted by Gasteiger charge is 2.27. The molecule has 128 valence electrons. The summed E-state index contributed by atoms with van der Waals surface area (Å²) in [6, 6.07) is 9.94. The Hall–Kier alpha value is -1.92. The second-order valence-corrected chi connectivity index (χ2v) is 8.53. The smallest absolute Gasteiger partial charge is 0.240 e. The molecule has 0 bridgehead atoms. The van der Waals surface area contributed by atoms with Crippen LogP contribution < -0.4 is 0 Å². The molecule has 3 aromatic rings. The van der Waals surface area contributed by atoms with E-state index in [1.165, 1.54) is 16.9 Å². The van der Waals surface area contributed by atoms with E-state index in [0.29, 0.717) is 0 Å². The zero-order valence-electron chi connectivity index (χ0n) is 14.2. The van der Waals surface area contributed by atoms with Crippen molar-refractivity contribution in [2.45, 2.75) is 29.5 Å². The van der Waals surface area contributed by atoms with E-state index in [9.17, 15) is 4.79 Å². The van der Waals surface area contributed by atoms with Gasteiger partial charge in [0.25, 0.3) is 0 Å². The number of hydrogen-bond donors (Lipinski definition) is 0. The molecule has 0 aliphatic heterocycles. The van der Waals surface area contributed by atoms with Crippen LogP contribution in [0.5, 0.6) is 0 Å². The number of rotatable bonds is 4. The van der Waals surface area contributed by atoms with Crippen LogP contribution in [0.25, 0.3) is 10.2 Å². The lowest BCUT2D eigenvalue weighted by Gasteiger charge is -2.20. The van der Waals surface area contributed by atoms with Crippen LogP contribution in [-0.4, -0.2) is 34.9 Å². The molecule has 6 heteroatoms. The molecule has 1 aliphatic rings. The van der Waals surface area contributed by atoms with E-state index in [-0.39, 0.29) is 11.2 Å². The molecule has 1 aliphatic carbocycles. The van der Waals surface area contributed by atoms with E-state index in [1.807, 2.05) is 30.3 Å². The third-order valence-electron chi connectivity index (χ3n) is 4.46. The number of carbonyl (C=O) groups is 1. The molecule has 0 saturated heterocycles. The number of aromatic nitrogens is 2. The molecule has 2 heterocycles. The van der Waals surface area contributed by atoms with Crippen molar-refractivity contribution in [3.63, 3.8) is 0 Å². The fourth-order valence-corrected chi connectivity index (χ4v) is 5.79. The van der Waals surface area contributed by atoms with Gasteiger partial charge in [0.1, 0.15) is 21.4 Å². The van der Waals surface area contributed by atoms with Gasteiger partial charge in [0.2, 0.25) is 5.91 Å². The van der Waals surface area contributed by atoms with E-state index >= 15 is 0 Å². The van der Waals surface area contributed by atoms with Gasteiger partial charge in [-0.05, 0) is 30.4 Å². The number of thiophene rings is 1. The summed E-state index contributed by atoms with van der Waals surface area (Å²) in [5.74, 6) is 0.0786. The van der Waals surface area contributed by atoms with Gasteiger partial charge in [0, 0.05) is 24.4 Å². The summed E-state index contributed by atoms with van der Waals surface area (Å²) in [6.07, 6.45) is 5.06. The predicted molar refractivity (Wildman–Crippen MR) is 103 cm³/mol. The Morgan fingerprint density at radius 1 is 1.20 bits per heavy atom. The lowest BCUT2D eigenvalue weighted by atomic mass is 10.1. The summed E-state index contributed by atoms with van der Waals surface area (Å²) >= 11 is 3.32. The highest BCUT2D eigenvalue weighted by Crippen LogP contribution is 2.44. The number of likely N-dealkylation sites (N-methyl/N-ethyl adjacent to an activating group) is 1. The quantitative estimate of drug-likeness (QED) is 0.513. The molecule has 0 saturated carbocycles. The monoisotopic (exact) mass is 369 g/mol. The highest BCUT2D eigenvalue weighted by molar-refractivity contribution is 8.00. The normalized spacial score (nSPS) is 14.5. The molecule has 1 amide bonds. The van der Waals surface area contributed by atoms with Gasteiger partial charge >= 0.3 is 0 Å². The van der Waals surface area contributed by atoms with Crippen LogP contribution in [0.2, 0.25) is 0 Å². The molecule has 0 fully saturated rings. The van der Waals surface area contributed by atoms with Gasteiger partial charge in [0.05, 0.1) is 0 Å². The van der Waals surface area contributed by atoms with E-state index in [2.05, 4.69) is 9.97 Å². The second kappa shape index (κ2) is 6.77. The first kappa shape index (κ1) is 16.5. The lowest BCUT2D eigenvalue weighted by molar-refractivity contribution is -0.128. The maximum atomic E-state index is 12.8. The average Bonchev–Trinajstić information content (AvgIpc) is 3.20. The molecular weight excluding hydrogens is 350 g/mol. The minimum absolute atomic E-state index is 0.0786. The molecule has 2 aromatic heterocycles. The van der Waals surface area contributed by atoms with E-state index in [0.717, 1.165) is 33.6 Å². The fourth-order valence-electron chi connectivity index (χ4n) is 3.22. The third-order valence-corrected chi connectivity index (χ3v) is 6.91. The number of thioether (sulfide) groups is 1. The molecule has 1 atom stereocenters. The van der Waals surface area contributed by atoms with Crippen molar-refractivity contribution in [2.75, 3.05) is 14.1 Å². The first-order chi connectivity index (χ1) is 12.1. The molecule has 0 spiro atoms. The molecular formula is C19H19N3OS2. The minimum atomic E-state index is -0.300. The van der Waals surface area contributed by atoms with Crippen LogP contribution in [0.3, 0.4) is 0 Å². The summed E-state index contributed by atoms with van der Waals surface area (Å²) in [5, 5.41) is 1.79. The maximum Gasteiger partial charge on any atom is 0.240 e. The Labute approximate surface area is 155 Å². The summed E-state index contributed by atoms with van der Waals surface area (Å²) in [7, 11) is 3.60. The summed E-state index contributed by atoms with van der Waals surface area (Å²) in [5.41, 5.74) is 2.40. The number of aryl methyl sites for hydroxylation is 2. The highest BCUT2D eigenvalue weighted by atomic mass is 32.2. The van der Waals surface area contributed by atoms with Gasteiger partial charge in [0.15, 0.2) is 0 Å². The zero-order chi connectivity index (χ0) is 17.4. The summed E-state index contributed by atoms with van der Waals surface area (Å²) < 4.78 is 0. The van der Waals surface area contributed by atoms with Crippen molar-refractivity contribution < 1.29 is 4.79 Å². The minimum Gasteiger partial charge on any atom is -0.348 e. The number of carbonyl (C=O) groups excluding carboxylic acids is 1. The maximum absolute atomic E-state index is 12.8.